The third-order valence-electron chi connectivity index (χ3n) is 4.80. The number of aromatic nitrogens is 1. The van der Waals surface area contributed by atoms with Gasteiger partial charge in [-0.2, -0.15) is 0 Å². The molecule has 0 saturated carbocycles. The van der Waals surface area contributed by atoms with Gasteiger partial charge in [-0.25, -0.2) is 4.98 Å². The smallest absolute Gasteiger partial charge is 0.291 e. The van der Waals surface area contributed by atoms with Gasteiger partial charge in [-0.1, -0.05) is 18.2 Å². The Hall–Kier alpha value is -3.58. The Morgan fingerprint density at radius 2 is 1.90 bits per heavy atom. The van der Waals surface area contributed by atoms with Crippen LogP contribution < -0.4 is 15.4 Å². The van der Waals surface area contributed by atoms with E-state index in [1.165, 1.54) is 17.6 Å². The van der Waals surface area contributed by atoms with Gasteiger partial charge in [0.25, 0.3) is 5.91 Å². The van der Waals surface area contributed by atoms with Gasteiger partial charge in [0.2, 0.25) is 0 Å². The molecule has 158 valence electrons. The number of rotatable bonds is 7. The molecular formula is C24H23N3O3S. The van der Waals surface area contributed by atoms with E-state index in [9.17, 15) is 4.79 Å². The zero-order valence-electron chi connectivity index (χ0n) is 17.5. The first-order chi connectivity index (χ1) is 15.0. The fraction of sp³-hybridized carbons (Fsp3) is 0.167. The van der Waals surface area contributed by atoms with Gasteiger partial charge < -0.3 is 19.8 Å². The van der Waals surface area contributed by atoms with Crippen LogP contribution in [0, 0.1) is 13.8 Å². The summed E-state index contributed by atoms with van der Waals surface area (Å²) < 4.78 is 10.6. The fourth-order valence-electron chi connectivity index (χ4n) is 3.33. The van der Waals surface area contributed by atoms with E-state index in [0.717, 1.165) is 38.3 Å². The first kappa shape index (κ1) is 20.7. The van der Waals surface area contributed by atoms with Crippen LogP contribution in [0.5, 0.6) is 5.75 Å². The van der Waals surface area contributed by atoms with E-state index in [2.05, 4.69) is 21.7 Å². The maximum atomic E-state index is 12.6. The van der Waals surface area contributed by atoms with Crippen molar-refractivity contribution >= 4 is 28.1 Å². The highest BCUT2D eigenvalue weighted by Crippen LogP contribution is 2.38. The molecule has 4 aromatic rings. The number of nitrogens with one attached hydrogen (secondary N) is 2. The lowest BCUT2D eigenvalue weighted by Gasteiger charge is -2.21. The number of thiophene rings is 1. The molecule has 1 aromatic carbocycles. The molecule has 2 N–H and O–H groups in total. The van der Waals surface area contributed by atoms with Gasteiger partial charge in [0.1, 0.15) is 16.6 Å². The molecule has 0 saturated heterocycles. The Morgan fingerprint density at radius 3 is 2.58 bits per heavy atom. The molecule has 0 aliphatic rings. The molecule has 0 spiro atoms. The first-order valence-electron chi connectivity index (χ1n) is 9.83. The number of carbonyl (C=O) groups is 1. The zero-order chi connectivity index (χ0) is 21.8. The number of hydrogen-bond acceptors (Lipinski definition) is 6. The van der Waals surface area contributed by atoms with Crippen LogP contribution in [0.4, 0.5) is 10.8 Å². The molecule has 0 aliphatic carbocycles. The summed E-state index contributed by atoms with van der Waals surface area (Å²) in [7, 11) is 1.64. The van der Waals surface area contributed by atoms with E-state index in [-0.39, 0.29) is 17.7 Å². The van der Waals surface area contributed by atoms with Crippen molar-refractivity contribution in [3.63, 3.8) is 0 Å². The molecule has 0 bridgehead atoms. The number of nitrogens with zero attached hydrogens (tertiary/aromatic N) is 1. The summed E-state index contributed by atoms with van der Waals surface area (Å²) in [6.07, 6.45) is 1.49. The molecule has 0 radical (unpaired) electrons. The normalized spacial score (nSPS) is 11.7. The third-order valence-corrected chi connectivity index (χ3v) is 5.78. The molecule has 0 fully saturated rings. The van der Waals surface area contributed by atoms with Gasteiger partial charge in [-0.15, -0.1) is 11.3 Å². The number of pyridine rings is 1. The van der Waals surface area contributed by atoms with Gasteiger partial charge in [0, 0.05) is 16.1 Å². The summed E-state index contributed by atoms with van der Waals surface area (Å²) >= 11 is 1.53. The van der Waals surface area contributed by atoms with Gasteiger partial charge in [0.15, 0.2) is 5.76 Å². The number of amides is 1. The van der Waals surface area contributed by atoms with Gasteiger partial charge in [-0.05, 0) is 61.9 Å². The van der Waals surface area contributed by atoms with Crippen LogP contribution in [-0.2, 0) is 0 Å². The molecular weight excluding hydrogens is 410 g/mol. The lowest BCUT2D eigenvalue weighted by atomic mass is 9.99. The molecule has 1 amide bonds. The fourth-order valence-corrected chi connectivity index (χ4v) is 4.27. The molecule has 1 atom stereocenters. The third kappa shape index (κ3) is 4.78. The van der Waals surface area contributed by atoms with Crippen LogP contribution in [0.2, 0.25) is 0 Å². The number of furan rings is 1. The minimum absolute atomic E-state index is 0.225. The molecule has 6 nitrogen and oxygen atoms in total. The lowest BCUT2D eigenvalue weighted by molar-refractivity contribution is 0.0997. The van der Waals surface area contributed by atoms with Crippen molar-refractivity contribution in [2.45, 2.75) is 19.9 Å². The Labute approximate surface area is 184 Å². The van der Waals surface area contributed by atoms with Crippen LogP contribution in [-0.4, -0.2) is 18.0 Å². The summed E-state index contributed by atoms with van der Waals surface area (Å²) in [6, 6.07) is 18.9. The van der Waals surface area contributed by atoms with E-state index in [4.69, 9.17) is 9.15 Å². The second-order valence-corrected chi connectivity index (χ2v) is 8.34. The minimum atomic E-state index is -0.282. The van der Waals surface area contributed by atoms with Crippen LogP contribution in [0.1, 0.15) is 38.3 Å². The van der Waals surface area contributed by atoms with Crippen molar-refractivity contribution in [1.82, 2.24) is 4.98 Å². The zero-order valence-corrected chi connectivity index (χ0v) is 18.3. The SMILES string of the molecule is COc1ccc([C@@H](Nc2cccc(C)n2)c2cc(C)sc2NC(=O)c2ccco2)cc1. The number of methoxy groups -OCH3 is 1. The van der Waals surface area contributed by atoms with Gasteiger partial charge in [-0.3, -0.25) is 4.79 Å². The average molecular weight is 434 g/mol. The lowest BCUT2D eigenvalue weighted by Crippen LogP contribution is -2.17. The molecule has 31 heavy (non-hydrogen) atoms. The average Bonchev–Trinajstić information content (AvgIpc) is 3.42. The number of ether oxygens (including phenoxy) is 1. The van der Waals surface area contributed by atoms with Gasteiger partial charge in [0.05, 0.1) is 19.4 Å². The maximum Gasteiger partial charge on any atom is 0.291 e. The molecule has 0 unspecified atom stereocenters. The van der Waals surface area contributed by atoms with Crippen molar-refractivity contribution < 1.29 is 13.9 Å². The second-order valence-electron chi connectivity index (χ2n) is 7.09. The highest BCUT2D eigenvalue weighted by molar-refractivity contribution is 7.16. The maximum absolute atomic E-state index is 12.6. The van der Waals surface area contributed by atoms with E-state index >= 15 is 0 Å². The van der Waals surface area contributed by atoms with E-state index < -0.39 is 0 Å². The predicted molar refractivity (Wildman–Crippen MR) is 123 cm³/mol. The van der Waals surface area contributed by atoms with Crippen molar-refractivity contribution in [3.05, 3.63) is 94.4 Å². The highest BCUT2D eigenvalue weighted by atomic mass is 32.1. The monoisotopic (exact) mass is 433 g/mol. The van der Waals surface area contributed by atoms with Crippen LogP contribution in [0.3, 0.4) is 0 Å². The molecule has 7 heteroatoms. The van der Waals surface area contributed by atoms with Crippen molar-refractivity contribution in [2.24, 2.45) is 0 Å². The molecule has 0 aliphatic heterocycles. The van der Waals surface area contributed by atoms with E-state index in [1.807, 2.05) is 56.3 Å². The summed E-state index contributed by atoms with van der Waals surface area (Å²) in [5.74, 6) is 1.53. The molecule has 3 aromatic heterocycles. The second kappa shape index (κ2) is 9.06. The van der Waals surface area contributed by atoms with Crippen LogP contribution >= 0.6 is 11.3 Å². The number of anilines is 2. The van der Waals surface area contributed by atoms with Crippen LogP contribution in [0.15, 0.2) is 71.3 Å². The van der Waals surface area contributed by atoms with E-state index in [0.29, 0.717) is 0 Å². The molecule has 3 heterocycles. The number of aryl methyl sites for hydroxylation is 2. The van der Waals surface area contributed by atoms with Gasteiger partial charge >= 0.3 is 0 Å². The largest absolute Gasteiger partial charge is 0.497 e. The number of hydrogen-bond donors (Lipinski definition) is 2. The number of benzene rings is 1. The Kier molecular flexibility index (Phi) is 6.04. The number of carbonyl (C=O) groups excluding carboxylic acids is 1. The van der Waals surface area contributed by atoms with Crippen molar-refractivity contribution in [1.29, 1.82) is 0 Å². The standard InChI is InChI=1S/C24H23N3O3S/c1-15-6-4-8-21(25-15)26-22(17-9-11-18(29-3)12-10-17)19-14-16(2)31-24(19)27-23(28)20-7-5-13-30-20/h4-14,22H,1-3H3,(H,25,26)(H,27,28)/t22-/m1/s1. The topological polar surface area (TPSA) is 76.4 Å². The Bertz CT molecular complexity index is 1170. The Balaban J connectivity index is 1.73. The first-order valence-corrected chi connectivity index (χ1v) is 10.6. The summed E-state index contributed by atoms with van der Waals surface area (Å²) in [6.45, 7) is 3.98. The Morgan fingerprint density at radius 1 is 1.10 bits per heavy atom. The highest BCUT2D eigenvalue weighted by Gasteiger charge is 2.23. The van der Waals surface area contributed by atoms with E-state index in [1.54, 1.807) is 19.2 Å². The predicted octanol–water partition coefficient (Wildman–Crippen LogP) is 5.82. The quantitative estimate of drug-likeness (QED) is 0.384. The summed E-state index contributed by atoms with van der Waals surface area (Å²) in [5, 5.41) is 7.30. The van der Waals surface area contributed by atoms with Crippen LogP contribution in [0.25, 0.3) is 0 Å². The minimum Gasteiger partial charge on any atom is -0.497 e. The van der Waals surface area contributed by atoms with Crippen molar-refractivity contribution in [2.75, 3.05) is 17.7 Å². The summed E-state index contributed by atoms with van der Waals surface area (Å²) in [5.41, 5.74) is 2.90. The summed E-state index contributed by atoms with van der Waals surface area (Å²) in [4.78, 5) is 18.3. The van der Waals surface area contributed by atoms with Crippen molar-refractivity contribution in [3.8, 4) is 5.75 Å². The molecule has 4 rings (SSSR count).